The van der Waals surface area contributed by atoms with Crippen LogP contribution in [-0.4, -0.2) is 35.4 Å². The zero-order chi connectivity index (χ0) is 20.1. The fourth-order valence-electron chi connectivity index (χ4n) is 3.43. The minimum atomic E-state index is -0.311. The van der Waals surface area contributed by atoms with E-state index in [2.05, 4.69) is 15.3 Å². The van der Waals surface area contributed by atoms with Crippen molar-refractivity contribution in [3.63, 3.8) is 0 Å². The van der Waals surface area contributed by atoms with Crippen LogP contribution in [-0.2, 0) is 11.3 Å². The summed E-state index contributed by atoms with van der Waals surface area (Å²) in [6.45, 7) is 7.83. The van der Waals surface area contributed by atoms with E-state index in [1.807, 2.05) is 39.0 Å². The number of anilines is 2. The molecular formula is C21H28N4O3. The van der Waals surface area contributed by atoms with Crippen LogP contribution < -0.4 is 20.5 Å². The van der Waals surface area contributed by atoms with Crippen LogP contribution in [0.2, 0.25) is 0 Å². The van der Waals surface area contributed by atoms with E-state index in [1.165, 1.54) is 4.68 Å². The first-order valence-electron chi connectivity index (χ1n) is 9.85. The maximum atomic E-state index is 12.8. The Labute approximate surface area is 165 Å². The number of rotatable bonds is 6. The molecule has 0 spiro atoms. The number of nitrogens with zero attached hydrogens (tertiary/aromatic N) is 3. The number of hydrogen-bond acceptors (Lipinski definition) is 5. The van der Waals surface area contributed by atoms with Gasteiger partial charge in [-0.2, -0.15) is 5.10 Å². The van der Waals surface area contributed by atoms with Gasteiger partial charge in [-0.15, -0.1) is 0 Å². The van der Waals surface area contributed by atoms with Crippen molar-refractivity contribution in [3.8, 4) is 5.75 Å². The molecule has 0 bridgehead atoms. The fourth-order valence-corrected chi connectivity index (χ4v) is 3.43. The Morgan fingerprint density at radius 2 is 1.96 bits per heavy atom. The summed E-state index contributed by atoms with van der Waals surface area (Å²) in [4.78, 5) is 27.4. The average molecular weight is 384 g/mol. The molecule has 0 atom stereocenters. The Balaban J connectivity index is 1.77. The van der Waals surface area contributed by atoms with E-state index in [0.29, 0.717) is 23.7 Å². The summed E-state index contributed by atoms with van der Waals surface area (Å²) >= 11 is 0. The lowest BCUT2D eigenvalue weighted by Crippen LogP contribution is -2.38. The summed E-state index contributed by atoms with van der Waals surface area (Å²) in [5.41, 5.74) is 2.93. The second-order valence-electron chi connectivity index (χ2n) is 7.11. The number of aryl methyl sites for hydroxylation is 2. The molecule has 2 aromatic rings. The van der Waals surface area contributed by atoms with E-state index in [-0.39, 0.29) is 18.1 Å². The molecule has 1 aromatic heterocycles. The molecule has 3 rings (SSSR count). The lowest BCUT2D eigenvalue weighted by atomic mass is 10.1. The molecule has 1 aromatic carbocycles. The highest BCUT2D eigenvalue weighted by Crippen LogP contribution is 2.24. The summed E-state index contributed by atoms with van der Waals surface area (Å²) in [7, 11) is 0. The Bertz CT molecular complexity index is 901. The number of carbonyl (C=O) groups excluding carboxylic acids is 1. The highest BCUT2D eigenvalue weighted by Gasteiger charge is 2.21. The van der Waals surface area contributed by atoms with Gasteiger partial charge >= 0.3 is 0 Å². The van der Waals surface area contributed by atoms with E-state index in [1.54, 1.807) is 6.20 Å². The van der Waals surface area contributed by atoms with Crippen LogP contribution in [0.5, 0.6) is 5.75 Å². The smallest absolute Gasteiger partial charge is 0.292 e. The van der Waals surface area contributed by atoms with Gasteiger partial charge in [0.15, 0.2) is 6.61 Å². The van der Waals surface area contributed by atoms with Crippen molar-refractivity contribution < 1.29 is 9.53 Å². The quantitative estimate of drug-likeness (QED) is 0.829. The molecule has 7 heteroatoms. The van der Waals surface area contributed by atoms with E-state index < -0.39 is 0 Å². The number of hydrogen-bond donors (Lipinski definition) is 1. The number of ether oxygens (including phenoxy) is 1. The predicted octanol–water partition coefficient (Wildman–Crippen LogP) is 2.89. The van der Waals surface area contributed by atoms with Crippen LogP contribution in [0.4, 0.5) is 11.4 Å². The number of piperidine rings is 1. The van der Waals surface area contributed by atoms with Crippen molar-refractivity contribution in [2.45, 2.75) is 46.6 Å². The van der Waals surface area contributed by atoms with Gasteiger partial charge in [0.25, 0.3) is 11.5 Å². The highest BCUT2D eigenvalue weighted by atomic mass is 16.5. The maximum Gasteiger partial charge on any atom is 0.292 e. The van der Waals surface area contributed by atoms with Crippen molar-refractivity contribution in [1.82, 2.24) is 9.78 Å². The molecule has 2 heterocycles. The molecule has 0 unspecified atom stereocenters. The minimum absolute atomic E-state index is 0.124. The van der Waals surface area contributed by atoms with Crippen LogP contribution in [0.25, 0.3) is 0 Å². The standard InChI is InChI=1S/C21H28N4O3/c1-4-25-21(27)20(24-11-6-5-7-12-24)17(13-22-25)23-19(26)14-28-18-10-8-9-15(2)16(18)3/h8-10,13H,4-7,11-12,14H2,1-3H3,(H,23,26). The molecule has 1 saturated heterocycles. The van der Waals surface area contributed by atoms with Gasteiger partial charge < -0.3 is 15.0 Å². The van der Waals surface area contributed by atoms with Gasteiger partial charge in [-0.1, -0.05) is 12.1 Å². The summed E-state index contributed by atoms with van der Waals surface area (Å²) in [5, 5.41) is 6.99. The SMILES string of the molecule is CCn1ncc(NC(=O)COc2cccc(C)c2C)c(N2CCCCC2)c1=O. The first-order valence-corrected chi connectivity index (χ1v) is 9.85. The molecule has 0 aliphatic carbocycles. The average Bonchev–Trinajstić information content (AvgIpc) is 2.70. The second-order valence-corrected chi connectivity index (χ2v) is 7.11. The molecule has 0 radical (unpaired) electrons. The molecular weight excluding hydrogens is 356 g/mol. The zero-order valence-electron chi connectivity index (χ0n) is 16.8. The van der Waals surface area contributed by atoms with Gasteiger partial charge in [-0.05, 0) is 57.2 Å². The van der Waals surface area contributed by atoms with Crippen LogP contribution in [0, 0.1) is 13.8 Å². The number of carbonyl (C=O) groups is 1. The Hall–Kier alpha value is -2.83. The third kappa shape index (κ3) is 4.35. The molecule has 1 fully saturated rings. The van der Waals surface area contributed by atoms with Gasteiger partial charge in [0, 0.05) is 19.6 Å². The lowest BCUT2D eigenvalue weighted by Gasteiger charge is -2.29. The number of benzene rings is 1. The van der Waals surface area contributed by atoms with Crippen molar-refractivity contribution in [3.05, 3.63) is 45.9 Å². The normalized spacial score (nSPS) is 14.0. The van der Waals surface area contributed by atoms with Gasteiger partial charge in [0.05, 0.1) is 11.9 Å². The van der Waals surface area contributed by atoms with Gasteiger partial charge in [-0.25, -0.2) is 4.68 Å². The summed E-state index contributed by atoms with van der Waals surface area (Å²) < 4.78 is 7.11. The van der Waals surface area contributed by atoms with Crippen LogP contribution in [0.3, 0.4) is 0 Å². The molecule has 0 saturated carbocycles. The van der Waals surface area contributed by atoms with Gasteiger partial charge in [0.1, 0.15) is 11.4 Å². The Morgan fingerprint density at radius 3 is 2.68 bits per heavy atom. The number of amides is 1. The Kier molecular flexibility index (Phi) is 6.34. The van der Waals surface area contributed by atoms with Gasteiger partial charge in [-0.3, -0.25) is 9.59 Å². The largest absolute Gasteiger partial charge is 0.483 e. The third-order valence-corrected chi connectivity index (χ3v) is 5.18. The molecule has 28 heavy (non-hydrogen) atoms. The monoisotopic (exact) mass is 384 g/mol. The van der Waals surface area contributed by atoms with E-state index in [9.17, 15) is 9.59 Å². The van der Waals surface area contributed by atoms with Crippen LogP contribution >= 0.6 is 0 Å². The minimum Gasteiger partial charge on any atom is -0.483 e. The van der Waals surface area contributed by atoms with E-state index in [4.69, 9.17) is 4.74 Å². The van der Waals surface area contributed by atoms with Crippen molar-refractivity contribution in [2.24, 2.45) is 0 Å². The molecule has 7 nitrogen and oxygen atoms in total. The maximum absolute atomic E-state index is 12.8. The first-order chi connectivity index (χ1) is 13.5. The van der Waals surface area contributed by atoms with E-state index >= 15 is 0 Å². The second kappa shape index (κ2) is 8.91. The summed E-state index contributed by atoms with van der Waals surface area (Å²) in [5.74, 6) is 0.376. The lowest BCUT2D eigenvalue weighted by molar-refractivity contribution is -0.118. The zero-order valence-corrected chi connectivity index (χ0v) is 16.8. The predicted molar refractivity (Wildman–Crippen MR) is 110 cm³/mol. The summed E-state index contributed by atoms with van der Waals surface area (Å²) in [6, 6.07) is 5.75. The Morgan fingerprint density at radius 1 is 1.21 bits per heavy atom. The highest BCUT2D eigenvalue weighted by molar-refractivity contribution is 5.95. The van der Waals surface area contributed by atoms with Crippen LogP contribution in [0.15, 0.2) is 29.2 Å². The first kappa shape index (κ1) is 19.9. The molecule has 1 amide bonds. The summed E-state index contributed by atoms with van der Waals surface area (Å²) in [6.07, 6.45) is 4.80. The van der Waals surface area contributed by atoms with Crippen molar-refractivity contribution in [2.75, 3.05) is 29.9 Å². The topological polar surface area (TPSA) is 76.5 Å². The number of aromatic nitrogens is 2. The molecule has 1 aliphatic rings. The van der Waals surface area contributed by atoms with Crippen molar-refractivity contribution in [1.29, 1.82) is 0 Å². The molecule has 1 N–H and O–H groups in total. The van der Waals surface area contributed by atoms with Crippen LogP contribution in [0.1, 0.15) is 37.3 Å². The third-order valence-electron chi connectivity index (χ3n) is 5.18. The van der Waals surface area contributed by atoms with E-state index in [0.717, 1.165) is 43.5 Å². The number of nitrogens with one attached hydrogen (secondary N) is 1. The van der Waals surface area contributed by atoms with Crippen molar-refractivity contribution >= 4 is 17.3 Å². The van der Waals surface area contributed by atoms with Gasteiger partial charge in [0.2, 0.25) is 0 Å². The molecule has 1 aliphatic heterocycles. The fraction of sp³-hybridized carbons (Fsp3) is 0.476. The molecule has 150 valence electrons.